The average molecular weight is 914 g/mol. The van der Waals surface area contributed by atoms with Crippen LogP contribution in [0.2, 0.25) is 0 Å². The van der Waals surface area contributed by atoms with E-state index in [4.69, 9.17) is 4.74 Å². The van der Waals surface area contributed by atoms with E-state index in [1.54, 1.807) is 30.0 Å². The van der Waals surface area contributed by atoms with Gasteiger partial charge in [0.05, 0.1) is 6.54 Å². The lowest BCUT2D eigenvalue weighted by molar-refractivity contribution is -0.141. The van der Waals surface area contributed by atoms with Gasteiger partial charge in [0.2, 0.25) is 23.6 Å². The van der Waals surface area contributed by atoms with Crippen LogP contribution in [0.15, 0.2) is 145 Å². The van der Waals surface area contributed by atoms with E-state index in [1.807, 2.05) is 109 Å². The number of carbonyl (C=O) groups is 6. The van der Waals surface area contributed by atoms with E-state index in [1.165, 1.54) is 12.1 Å². The number of phenols is 1. The number of carboxylic acids is 1. The highest BCUT2D eigenvalue weighted by atomic mass is 32.2. The number of amides is 5. The third-order valence-corrected chi connectivity index (χ3v) is 12.1. The molecule has 0 bridgehead atoms. The number of benzene rings is 4. The first-order chi connectivity index (χ1) is 32.0. The van der Waals surface area contributed by atoms with Crippen LogP contribution < -0.4 is 26.6 Å². The number of thioether (sulfide) groups is 1. The highest BCUT2D eigenvalue weighted by molar-refractivity contribution is 8.03. The third kappa shape index (κ3) is 15.5. The number of nitrogens with one attached hydrogen (secondary N) is 5. The number of carbonyl (C=O) groups excluding carboxylic acids is 5. The van der Waals surface area contributed by atoms with E-state index < -0.39 is 66.2 Å². The standard InChI is InChI=1S/C51H55N5O9S/c57-39-25-20-36(21-26-39)30-45(51(63)64)54-46(58)32-52-48(60)42(27-22-34-11-4-1-5-12-34)55-49(61)43(29-35-18-23-38(24-19-35)37-13-6-2-7-14-37)56-50(62)44(31-41-17-10-28-66-41)53-47(59)33-65-40-15-8-3-9-16-40/h1-2,4-8,10-16,18-21,23-26,28,41-45,57H,3,9,17,22,27,29-33H2,(H,52,60)(H,53,59)(H,54,58)(H,55,61)(H,56,62)(H,63,64)/t41?,42-,43+,44-,45+/m1/s1. The van der Waals surface area contributed by atoms with Gasteiger partial charge in [-0.15, -0.1) is 11.8 Å². The quantitative estimate of drug-likeness (QED) is 0.0512. The summed E-state index contributed by atoms with van der Waals surface area (Å²) in [5.74, 6) is -3.94. The largest absolute Gasteiger partial charge is 0.508 e. The van der Waals surface area contributed by atoms with Crippen molar-refractivity contribution in [3.05, 3.63) is 161 Å². The van der Waals surface area contributed by atoms with Gasteiger partial charge in [0, 0.05) is 18.1 Å². The summed E-state index contributed by atoms with van der Waals surface area (Å²) in [6.07, 6.45) is 10.7. The zero-order valence-corrected chi connectivity index (χ0v) is 37.2. The summed E-state index contributed by atoms with van der Waals surface area (Å²) in [6, 6.07) is 27.8. The van der Waals surface area contributed by atoms with E-state index in [-0.39, 0.29) is 43.3 Å². The van der Waals surface area contributed by atoms with Crippen molar-refractivity contribution in [2.75, 3.05) is 13.2 Å². The van der Waals surface area contributed by atoms with E-state index in [0.29, 0.717) is 24.2 Å². The van der Waals surface area contributed by atoms with Gasteiger partial charge in [0.25, 0.3) is 5.91 Å². The first kappa shape index (κ1) is 48.3. The van der Waals surface area contributed by atoms with Crippen LogP contribution in [0.25, 0.3) is 11.1 Å². The monoisotopic (exact) mass is 913 g/mol. The molecule has 15 heteroatoms. The maximum Gasteiger partial charge on any atom is 0.326 e. The lowest BCUT2D eigenvalue weighted by atomic mass is 9.99. The minimum absolute atomic E-state index is 0.00520. The Balaban J connectivity index is 1.19. The average Bonchev–Trinajstić information content (AvgIpc) is 3.86. The Bertz CT molecular complexity index is 2370. The molecule has 1 heterocycles. The number of aliphatic carboxylic acids is 1. The minimum atomic E-state index is -1.32. The molecule has 5 amide bonds. The molecule has 344 valence electrons. The Morgan fingerprint density at radius 1 is 0.636 bits per heavy atom. The van der Waals surface area contributed by atoms with Crippen LogP contribution in [-0.4, -0.2) is 88.3 Å². The molecule has 0 fully saturated rings. The van der Waals surface area contributed by atoms with Gasteiger partial charge in [-0.1, -0.05) is 109 Å². The molecule has 4 aromatic carbocycles. The Hall–Kier alpha value is -7.13. The zero-order chi connectivity index (χ0) is 46.7. The van der Waals surface area contributed by atoms with E-state index >= 15 is 0 Å². The van der Waals surface area contributed by atoms with Gasteiger partial charge in [0.15, 0.2) is 6.61 Å². The number of rotatable bonds is 23. The number of phenolic OH excluding ortho intramolecular Hbond substituents is 1. The highest BCUT2D eigenvalue weighted by Gasteiger charge is 2.32. The first-order valence-corrected chi connectivity index (χ1v) is 22.9. The number of carboxylic acid groups (broad SMARTS) is 1. The van der Waals surface area contributed by atoms with Crippen molar-refractivity contribution in [3.8, 4) is 16.9 Å². The molecular formula is C51H55N5O9S. The van der Waals surface area contributed by atoms with Crippen molar-refractivity contribution in [2.45, 2.75) is 80.8 Å². The smallest absolute Gasteiger partial charge is 0.326 e. The van der Waals surface area contributed by atoms with Gasteiger partial charge in [-0.2, -0.15) is 0 Å². The van der Waals surface area contributed by atoms with Gasteiger partial charge in [0.1, 0.15) is 35.7 Å². The van der Waals surface area contributed by atoms with Crippen molar-refractivity contribution in [3.63, 3.8) is 0 Å². The predicted octanol–water partition coefficient (Wildman–Crippen LogP) is 5.28. The number of hydrogen-bond donors (Lipinski definition) is 7. The third-order valence-electron chi connectivity index (χ3n) is 11.0. The topological polar surface area (TPSA) is 212 Å². The highest BCUT2D eigenvalue weighted by Crippen LogP contribution is 2.28. The molecule has 2 aliphatic rings. The van der Waals surface area contributed by atoms with E-state index in [0.717, 1.165) is 35.1 Å². The summed E-state index contributed by atoms with van der Waals surface area (Å²) >= 11 is 1.55. The molecule has 1 unspecified atom stereocenters. The summed E-state index contributed by atoms with van der Waals surface area (Å²) in [6.45, 7) is -0.893. The SMILES string of the molecule is O=C(CNC(=O)[C@@H](CCc1ccccc1)NC(=O)[C@H](Cc1ccc(-c2ccccc2)cc1)NC(=O)[C@@H](CC1CC=CS1)NC(=O)COC1=CCCC=C1)N[C@@H](Cc1ccc(O)cc1)C(=O)O. The molecule has 4 aromatic rings. The molecule has 1 aliphatic heterocycles. The fourth-order valence-electron chi connectivity index (χ4n) is 7.44. The van der Waals surface area contributed by atoms with Crippen LogP contribution in [-0.2, 0) is 52.8 Å². The van der Waals surface area contributed by atoms with Crippen LogP contribution >= 0.6 is 11.8 Å². The van der Waals surface area contributed by atoms with Gasteiger partial charge >= 0.3 is 5.97 Å². The molecule has 66 heavy (non-hydrogen) atoms. The molecular weight excluding hydrogens is 859 g/mol. The molecule has 7 N–H and O–H groups in total. The van der Waals surface area contributed by atoms with Crippen molar-refractivity contribution >= 4 is 47.3 Å². The fourth-order valence-corrected chi connectivity index (χ4v) is 8.41. The van der Waals surface area contributed by atoms with E-state index in [2.05, 4.69) is 26.6 Å². The summed E-state index contributed by atoms with van der Waals surface area (Å²) in [7, 11) is 0. The minimum Gasteiger partial charge on any atom is -0.508 e. The molecule has 0 spiro atoms. The lowest BCUT2D eigenvalue weighted by Gasteiger charge is -2.26. The van der Waals surface area contributed by atoms with Gasteiger partial charge in [-0.25, -0.2) is 4.79 Å². The molecule has 0 radical (unpaired) electrons. The predicted molar refractivity (Wildman–Crippen MR) is 253 cm³/mol. The normalized spacial score (nSPS) is 15.8. The second kappa shape index (κ2) is 24.8. The summed E-state index contributed by atoms with van der Waals surface area (Å²) in [5.41, 5.74) is 4.12. The molecule has 0 aromatic heterocycles. The maximum absolute atomic E-state index is 14.5. The number of aromatic hydroxyl groups is 1. The van der Waals surface area contributed by atoms with Crippen LogP contribution in [0.3, 0.4) is 0 Å². The van der Waals surface area contributed by atoms with Gasteiger partial charge in [-0.3, -0.25) is 24.0 Å². The van der Waals surface area contributed by atoms with E-state index in [9.17, 15) is 39.0 Å². The number of ether oxygens (including phenoxy) is 1. The molecule has 0 saturated carbocycles. The molecule has 14 nitrogen and oxygen atoms in total. The van der Waals surface area contributed by atoms with Crippen LogP contribution in [0.1, 0.15) is 48.8 Å². The Morgan fingerprint density at radius 3 is 1.91 bits per heavy atom. The van der Waals surface area contributed by atoms with Crippen molar-refractivity contribution < 1.29 is 43.7 Å². The molecule has 1 aliphatic carbocycles. The Labute approximate surface area is 388 Å². The fraction of sp³-hybridized carbons (Fsp3) is 0.294. The number of aryl methyl sites for hydroxylation is 1. The lowest BCUT2D eigenvalue weighted by Crippen LogP contribution is -2.58. The number of allylic oxidation sites excluding steroid dienone is 4. The van der Waals surface area contributed by atoms with Crippen LogP contribution in [0, 0.1) is 0 Å². The van der Waals surface area contributed by atoms with Gasteiger partial charge in [-0.05, 0) is 96.0 Å². The maximum atomic E-state index is 14.5. The van der Waals surface area contributed by atoms with Gasteiger partial charge < -0.3 is 41.5 Å². The summed E-state index contributed by atoms with van der Waals surface area (Å²) in [5, 5.41) is 34.9. The Morgan fingerprint density at radius 2 is 1.26 bits per heavy atom. The van der Waals surface area contributed by atoms with Crippen molar-refractivity contribution in [1.29, 1.82) is 0 Å². The summed E-state index contributed by atoms with van der Waals surface area (Å²) in [4.78, 5) is 81.1. The van der Waals surface area contributed by atoms with Crippen LogP contribution in [0.4, 0.5) is 0 Å². The van der Waals surface area contributed by atoms with Crippen molar-refractivity contribution in [2.24, 2.45) is 0 Å². The summed E-state index contributed by atoms with van der Waals surface area (Å²) < 4.78 is 5.70. The molecule has 5 atom stereocenters. The molecule has 0 saturated heterocycles. The zero-order valence-electron chi connectivity index (χ0n) is 36.4. The van der Waals surface area contributed by atoms with Crippen molar-refractivity contribution in [1.82, 2.24) is 26.6 Å². The Kier molecular flexibility index (Phi) is 18.2. The second-order valence-corrected chi connectivity index (χ2v) is 17.3. The first-order valence-electron chi connectivity index (χ1n) is 21.9. The molecule has 6 rings (SSSR count). The van der Waals surface area contributed by atoms with Crippen LogP contribution in [0.5, 0.6) is 5.75 Å². The number of hydrogen-bond acceptors (Lipinski definition) is 9. The second-order valence-electron chi connectivity index (χ2n) is 16.1.